The molecule has 0 N–H and O–H groups in total. The smallest absolute Gasteiger partial charge is 0.299 e. The summed E-state index contributed by atoms with van der Waals surface area (Å²) in [5.41, 5.74) is 0.654. The van der Waals surface area contributed by atoms with Gasteiger partial charge in [-0.05, 0) is 19.1 Å². The minimum Gasteiger partial charge on any atom is -0.299 e. The van der Waals surface area contributed by atoms with E-state index >= 15 is 0 Å². The quantitative estimate of drug-likeness (QED) is 0.260. The molecule has 1 rings (SSSR count). The van der Waals surface area contributed by atoms with E-state index in [9.17, 15) is 14.9 Å². The Labute approximate surface area is 90.5 Å². The van der Waals surface area contributed by atoms with Crippen molar-refractivity contribution in [2.45, 2.75) is 6.92 Å². The summed E-state index contributed by atoms with van der Waals surface area (Å²) in [6.45, 7) is 1.55. The van der Waals surface area contributed by atoms with Crippen LogP contribution >= 0.6 is 11.6 Å². The van der Waals surface area contributed by atoms with Gasteiger partial charge in [-0.3, -0.25) is 14.9 Å². The van der Waals surface area contributed by atoms with E-state index in [4.69, 9.17) is 11.6 Å². The molecule has 0 unspecified atom stereocenters. The standard InChI is InChI=1S/C9H7ClN2O3/c1-6-7(3-2-4-13)5-11-9(10)8(6)12(14)15/h2-5H,1H3. The number of hydrogen-bond donors (Lipinski definition) is 0. The number of nitro groups is 1. The largest absolute Gasteiger partial charge is 0.309 e. The van der Waals surface area contributed by atoms with Gasteiger partial charge < -0.3 is 0 Å². The SMILES string of the molecule is Cc1c(C=CC=O)cnc(Cl)c1[N+](=O)[O-]. The normalized spacial score (nSPS) is 10.5. The molecule has 5 nitrogen and oxygen atoms in total. The van der Waals surface area contributed by atoms with Crippen molar-refractivity contribution in [3.05, 3.63) is 38.7 Å². The summed E-state index contributed by atoms with van der Waals surface area (Å²) in [6, 6.07) is 0. The van der Waals surface area contributed by atoms with E-state index in [2.05, 4.69) is 4.98 Å². The molecule has 1 aromatic heterocycles. The van der Waals surface area contributed by atoms with Crippen molar-refractivity contribution in [2.75, 3.05) is 0 Å². The number of carbonyl (C=O) groups is 1. The van der Waals surface area contributed by atoms with Crippen LogP contribution in [0.15, 0.2) is 12.3 Å². The molecule has 0 atom stereocenters. The van der Waals surface area contributed by atoms with Crippen LogP contribution in [0.2, 0.25) is 5.15 Å². The summed E-state index contributed by atoms with van der Waals surface area (Å²) in [6.07, 6.45) is 4.64. The maximum Gasteiger partial charge on any atom is 0.309 e. The lowest BCUT2D eigenvalue weighted by molar-refractivity contribution is -0.385. The van der Waals surface area contributed by atoms with Crippen LogP contribution in [0.1, 0.15) is 11.1 Å². The van der Waals surface area contributed by atoms with Gasteiger partial charge in [0.15, 0.2) is 0 Å². The van der Waals surface area contributed by atoms with Crippen molar-refractivity contribution in [3.63, 3.8) is 0 Å². The molecule has 0 bridgehead atoms. The van der Waals surface area contributed by atoms with Crippen LogP contribution in [-0.2, 0) is 4.79 Å². The topological polar surface area (TPSA) is 73.1 Å². The fourth-order valence-electron chi connectivity index (χ4n) is 1.10. The highest BCUT2D eigenvalue weighted by Gasteiger charge is 2.19. The summed E-state index contributed by atoms with van der Waals surface area (Å²) in [5, 5.41) is 10.5. The van der Waals surface area contributed by atoms with Crippen molar-refractivity contribution in [1.82, 2.24) is 4.98 Å². The third-order valence-electron chi connectivity index (χ3n) is 1.84. The average molecular weight is 227 g/mol. The van der Waals surface area contributed by atoms with Crippen LogP contribution in [0, 0.1) is 17.0 Å². The second-order valence-electron chi connectivity index (χ2n) is 2.73. The number of pyridine rings is 1. The fraction of sp³-hybridized carbons (Fsp3) is 0.111. The zero-order chi connectivity index (χ0) is 11.4. The third kappa shape index (κ3) is 2.38. The summed E-state index contributed by atoms with van der Waals surface area (Å²) >= 11 is 5.58. The van der Waals surface area contributed by atoms with Gasteiger partial charge in [-0.1, -0.05) is 11.6 Å². The number of carbonyl (C=O) groups excluding carboxylic acids is 1. The van der Waals surface area contributed by atoms with Crippen molar-refractivity contribution in [3.8, 4) is 0 Å². The van der Waals surface area contributed by atoms with Crippen LogP contribution in [0.25, 0.3) is 6.08 Å². The Morgan fingerprint density at radius 2 is 2.27 bits per heavy atom. The van der Waals surface area contributed by atoms with Crippen LogP contribution in [0.5, 0.6) is 0 Å². The van der Waals surface area contributed by atoms with Crippen molar-refractivity contribution >= 4 is 29.7 Å². The lowest BCUT2D eigenvalue weighted by Gasteiger charge is -2.01. The maximum absolute atomic E-state index is 10.7. The Hall–Kier alpha value is -1.75. The lowest BCUT2D eigenvalue weighted by Crippen LogP contribution is -1.97. The van der Waals surface area contributed by atoms with Crippen molar-refractivity contribution in [2.24, 2.45) is 0 Å². The Bertz CT molecular complexity index is 443. The third-order valence-corrected chi connectivity index (χ3v) is 2.11. The summed E-state index contributed by atoms with van der Waals surface area (Å²) in [7, 11) is 0. The molecular weight excluding hydrogens is 220 g/mol. The minimum absolute atomic E-state index is 0.152. The van der Waals surface area contributed by atoms with Crippen LogP contribution in [-0.4, -0.2) is 16.2 Å². The first kappa shape index (κ1) is 11.3. The van der Waals surface area contributed by atoms with Crippen LogP contribution in [0.4, 0.5) is 5.69 Å². The van der Waals surface area contributed by atoms with E-state index < -0.39 is 4.92 Å². The van der Waals surface area contributed by atoms with Crippen molar-refractivity contribution in [1.29, 1.82) is 0 Å². The van der Waals surface area contributed by atoms with E-state index in [0.29, 0.717) is 17.4 Å². The first-order chi connectivity index (χ1) is 7.07. The molecule has 0 aliphatic carbocycles. The molecule has 0 spiro atoms. The molecule has 0 amide bonds. The molecule has 0 aliphatic rings. The first-order valence-electron chi connectivity index (χ1n) is 3.99. The van der Waals surface area contributed by atoms with E-state index in [-0.39, 0.29) is 10.8 Å². The van der Waals surface area contributed by atoms with Crippen molar-refractivity contribution < 1.29 is 9.72 Å². The molecular formula is C9H7ClN2O3. The summed E-state index contributed by atoms with van der Waals surface area (Å²) in [5.74, 6) is 0. The number of aromatic nitrogens is 1. The Balaban J connectivity index is 3.34. The van der Waals surface area contributed by atoms with Gasteiger partial charge >= 0.3 is 5.69 Å². The molecule has 1 aromatic rings. The number of rotatable bonds is 3. The highest BCUT2D eigenvalue weighted by molar-refractivity contribution is 6.31. The molecule has 0 saturated heterocycles. The average Bonchev–Trinajstić information content (AvgIpc) is 2.16. The fourth-order valence-corrected chi connectivity index (χ4v) is 1.36. The second kappa shape index (κ2) is 4.65. The number of halogens is 1. The predicted octanol–water partition coefficient (Wildman–Crippen LogP) is 2.16. The number of allylic oxidation sites excluding steroid dienone is 1. The Kier molecular flexibility index (Phi) is 3.51. The van der Waals surface area contributed by atoms with Gasteiger partial charge in [0.1, 0.15) is 6.29 Å². The molecule has 0 aromatic carbocycles. The van der Waals surface area contributed by atoms with E-state index in [1.165, 1.54) is 18.3 Å². The van der Waals surface area contributed by atoms with Gasteiger partial charge in [0.2, 0.25) is 5.15 Å². The second-order valence-corrected chi connectivity index (χ2v) is 3.09. The van der Waals surface area contributed by atoms with E-state index in [1.54, 1.807) is 6.92 Å². The molecule has 6 heteroatoms. The van der Waals surface area contributed by atoms with Gasteiger partial charge in [-0.25, -0.2) is 4.98 Å². The Morgan fingerprint density at radius 3 is 2.80 bits per heavy atom. The van der Waals surface area contributed by atoms with Crippen LogP contribution < -0.4 is 0 Å². The number of nitrogens with zero attached hydrogens (tertiary/aromatic N) is 2. The highest BCUT2D eigenvalue weighted by atomic mass is 35.5. The summed E-state index contributed by atoms with van der Waals surface area (Å²) in [4.78, 5) is 23.8. The summed E-state index contributed by atoms with van der Waals surface area (Å²) < 4.78 is 0. The molecule has 0 fully saturated rings. The zero-order valence-electron chi connectivity index (χ0n) is 7.81. The maximum atomic E-state index is 10.7. The minimum atomic E-state index is -0.594. The number of hydrogen-bond acceptors (Lipinski definition) is 4. The lowest BCUT2D eigenvalue weighted by atomic mass is 10.1. The van der Waals surface area contributed by atoms with Crippen LogP contribution in [0.3, 0.4) is 0 Å². The van der Waals surface area contributed by atoms with Gasteiger partial charge in [0.05, 0.1) is 4.92 Å². The predicted molar refractivity (Wildman–Crippen MR) is 55.7 cm³/mol. The molecule has 1 heterocycles. The van der Waals surface area contributed by atoms with Gasteiger partial charge in [-0.2, -0.15) is 0 Å². The zero-order valence-corrected chi connectivity index (χ0v) is 8.56. The molecule has 78 valence electrons. The Morgan fingerprint density at radius 1 is 1.60 bits per heavy atom. The van der Waals surface area contributed by atoms with Gasteiger partial charge in [0, 0.05) is 17.3 Å². The molecule has 0 saturated carbocycles. The van der Waals surface area contributed by atoms with Gasteiger partial charge in [0.25, 0.3) is 0 Å². The molecule has 0 radical (unpaired) electrons. The molecule has 15 heavy (non-hydrogen) atoms. The van der Waals surface area contributed by atoms with E-state index in [0.717, 1.165) is 0 Å². The first-order valence-corrected chi connectivity index (χ1v) is 4.37. The van der Waals surface area contributed by atoms with E-state index in [1.807, 2.05) is 0 Å². The molecule has 0 aliphatic heterocycles. The monoisotopic (exact) mass is 226 g/mol. The highest BCUT2D eigenvalue weighted by Crippen LogP contribution is 2.28. The number of aldehydes is 1. The van der Waals surface area contributed by atoms with Gasteiger partial charge in [-0.15, -0.1) is 0 Å².